The zero-order valence-corrected chi connectivity index (χ0v) is 26.4. The van der Waals surface area contributed by atoms with Crippen LogP contribution >= 0.6 is 0 Å². The highest BCUT2D eigenvalue weighted by Gasteiger charge is 2.51. The number of hydrogen-bond donors (Lipinski definition) is 0. The molecule has 3 heterocycles. The molecule has 0 radical (unpaired) electrons. The van der Waals surface area contributed by atoms with E-state index in [0.29, 0.717) is 5.82 Å². The van der Waals surface area contributed by atoms with Gasteiger partial charge >= 0.3 is 7.12 Å². The van der Waals surface area contributed by atoms with Gasteiger partial charge in [-0.2, -0.15) is 0 Å². The van der Waals surface area contributed by atoms with Gasteiger partial charge in [0.05, 0.1) is 33.6 Å². The van der Waals surface area contributed by atoms with Crippen LogP contribution in [0, 0.1) is 0 Å². The van der Waals surface area contributed by atoms with Crippen LogP contribution in [0.5, 0.6) is 0 Å². The molecule has 0 bridgehead atoms. The Hall–Kier alpha value is -5.04. The minimum atomic E-state index is -0.432. The lowest BCUT2D eigenvalue weighted by molar-refractivity contribution is 0.00578. The maximum absolute atomic E-state index is 6.42. The van der Waals surface area contributed by atoms with Gasteiger partial charge < -0.3 is 13.9 Å². The van der Waals surface area contributed by atoms with E-state index in [0.717, 1.165) is 50.3 Å². The Kier molecular flexibility index (Phi) is 6.68. The van der Waals surface area contributed by atoms with Crippen molar-refractivity contribution in [3.8, 4) is 39.6 Å². The first kappa shape index (κ1) is 28.4. The first-order chi connectivity index (χ1) is 22.3. The van der Waals surface area contributed by atoms with Crippen molar-refractivity contribution in [1.29, 1.82) is 0 Å². The molecule has 5 aromatic carbocycles. The highest BCUT2D eigenvalue weighted by atomic mass is 16.7. The molecule has 0 amide bonds. The second-order valence-corrected chi connectivity index (χ2v) is 13.0. The van der Waals surface area contributed by atoms with Gasteiger partial charge in [0.2, 0.25) is 0 Å². The van der Waals surface area contributed by atoms with Crippen LogP contribution in [-0.2, 0) is 9.31 Å². The minimum absolute atomic E-state index is 0.406. The fourth-order valence-electron chi connectivity index (χ4n) is 6.24. The fourth-order valence-corrected chi connectivity index (χ4v) is 6.24. The number of rotatable bonds is 5. The summed E-state index contributed by atoms with van der Waals surface area (Å²) in [6.45, 7) is 8.36. The predicted octanol–water partition coefficient (Wildman–Crippen LogP) is 8.87. The molecule has 1 fully saturated rings. The Labute approximate surface area is 269 Å². The topological polar surface area (TPSA) is 49.2 Å². The molecule has 46 heavy (non-hydrogen) atoms. The normalized spacial score (nSPS) is 15.5. The van der Waals surface area contributed by atoms with Crippen LogP contribution in [0.15, 0.2) is 133 Å². The van der Waals surface area contributed by atoms with Crippen LogP contribution in [0.4, 0.5) is 0 Å². The monoisotopic (exact) mass is 599 g/mol. The van der Waals surface area contributed by atoms with Crippen molar-refractivity contribution in [3.63, 3.8) is 0 Å². The average molecular weight is 600 g/mol. The van der Waals surface area contributed by atoms with Crippen molar-refractivity contribution < 1.29 is 9.31 Å². The van der Waals surface area contributed by atoms with Gasteiger partial charge in [0.25, 0.3) is 0 Å². The summed E-state index contributed by atoms with van der Waals surface area (Å²) in [6.07, 6.45) is 0. The van der Waals surface area contributed by atoms with Crippen LogP contribution in [0.3, 0.4) is 0 Å². The summed E-state index contributed by atoms with van der Waals surface area (Å²) in [6, 6.07) is 46.3. The first-order valence-electron chi connectivity index (χ1n) is 15.8. The average Bonchev–Trinajstić information content (AvgIpc) is 3.53. The van der Waals surface area contributed by atoms with Gasteiger partial charge in [-0.15, -0.1) is 0 Å². The van der Waals surface area contributed by atoms with Crippen molar-refractivity contribution in [2.45, 2.75) is 38.9 Å². The molecule has 0 saturated carbocycles. The van der Waals surface area contributed by atoms with E-state index in [-0.39, 0.29) is 0 Å². The summed E-state index contributed by atoms with van der Waals surface area (Å²) in [4.78, 5) is 9.97. The molecular weight excluding hydrogens is 565 g/mol. The maximum Gasteiger partial charge on any atom is 0.494 e. The molecule has 0 unspecified atom stereocenters. The lowest BCUT2D eigenvalue weighted by atomic mass is 9.79. The van der Waals surface area contributed by atoms with E-state index in [1.54, 1.807) is 0 Å². The molecule has 0 aliphatic carbocycles. The highest BCUT2D eigenvalue weighted by Crippen LogP contribution is 2.38. The summed E-state index contributed by atoms with van der Waals surface area (Å²) in [5.41, 5.74) is 8.38. The maximum atomic E-state index is 6.42. The summed E-state index contributed by atoms with van der Waals surface area (Å²) < 4.78 is 15.2. The van der Waals surface area contributed by atoms with Gasteiger partial charge in [-0.25, -0.2) is 9.97 Å². The number of aromatic nitrogens is 3. The SMILES string of the molecule is CC1(C)OB(c2ccc3c4ccccc4n(-c4ccc(-c5cc(-c6ccccc6)nc(-c6ccccc6)n5)cc4)c3c2)OC1(C)C. The van der Waals surface area contributed by atoms with Gasteiger partial charge in [0, 0.05) is 33.2 Å². The first-order valence-corrected chi connectivity index (χ1v) is 15.8. The van der Waals surface area contributed by atoms with E-state index < -0.39 is 18.3 Å². The second-order valence-electron chi connectivity index (χ2n) is 13.0. The number of para-hydroxylation sites is 1. The third-order valence-electron chi connectivity index (χ3n) is 9.47. The molecule has 1 aliphatic rings. The van der Waals surface area contributed by atoms with E-state index in [4.69, 9.17) is 19.3 Å². The van der Waals surface area contributed by atoms with Crippen molar-refractivity contribution in [2.24, 2.45) is 0 Å². The zero-order valence-electron chi connectivity index (χ0n) is 26.4. The number of fused-ring (bicyclic) bond motifs is 3. The molecule has 1 saturated heterocycles. The molecule has 6 heteroatoms. The predicted molar refractivity (Wildman–Crippen MR) is 188 cm³/mol. The van der Waals surface area contributed by atoms with Gasteiger partial charge in [-0.1, -0.05) is 103 Å². The Morgan fingerprint density at radius 2 is 1.07 bits per heavy atom. The number of nitrogens with zero attached hydrogens (tertiary/aromatic N) is 3. The summed E-state index contributed by atoms with van der Waals surface area (Å²) >= 11 is 0. The van der Waals surface area contributed by atoms with Gasteiger partial charge in [-0.05, 0) is 63.5 Å². The van der Waals surface area contributed by atoms with Crippen LogP contribution in [-0.4, -0.2) is 32.9 Å². The lowest BCUT2D eigenvalue weighted by Gasteiger charge is -2.32. The molecule has 2 aromatic heterocycles. The molecule has 1 aliphatic heterocycles. The third kappa shape index (κ3) is 4.82. The molecule has 8 rings (SSSR count). The van der Waals surface area contributed by atoms with Gasteiger partial charge in [-0.3, -0.25) is 0 Å². The molecule has 0 N–H and O–H groups in total. The van der Waals surface area contributed by atoms with E-state index in [1.807, 2.05) is 36.4 Å². The molecule has 224 valence electrons. The molecule has 5 nitrogen and oxygen atoms in total. The molecule has 7 aromatic rings. The van der Waals surface area contributed by atoms with Crippen LogP contribution in [0.2, 0.25) is 0 Å². The van der Waals surface area contributed by atoms with Crippen LogP contribution in [0.25, 0.3) is 61.4 Å². The van der Waals surface area contributed by atoms with Crippen LogP contribution in [0.1, 0.15) is 27.7 Å². The van der Waals surface area contributed by atoms with Gasteiger partial charge in [0.15, 0.2) is 5.82 Å². The minimum Gasteiger partial charge on any atom is -0.399 e. The van der Waals surface area contributed by atoms with Crippen molar-refractivity contribution >= 4 is 34.4 Å². The van der Waals surface area contributed by atoms with E-state index in [9.17, 15) is 0 Å². The summed E-state index contributed by atoms with van der Waals surface area (Å²) in [5, 5.41) is 2.40. The van der Waals surface area contributed by atoms with Crippen LogP contribution < -0.4 is 5.46 Å². The summed E-state index contributed by atoms with van der Waals surface area (Å²) in [7, 11) is -0.432. The van der Waals surface area contributed by atoms with Gasteiger partial charge in [0.1, 0.15) is 0 Å². The standard InChI is InChI=1S/C40H34BN3O2/c1-39(2)40(3,4)46-41(45-39)30-21-24-33-32-17-11-12-18-36(32)44(37(33)25-30)31-22-19-28(20-23-31)35-26-34(27-13-7-5-8-14-27)42-38(43-35)29-15-9-6-10-16-29/h5-26H,1-4H3. The summed E-state index contributed by atoms with van der Waals surface area (Å²) in [5.74, 6) is 0.707. The third-order valence-corrected chi connectivity index (χ3v) is 9.47. The Balaban J connectivity index is 1.23. The highest BCUT2D eigenvalue weighted by molar-refractivity contribution is 6.62. The smallest absolute Gasteiger partial charge is 0.399 e. The van der Waals surface area contributed by atoms with E-state index in [1.165, 1.54) is 10.8 Å². The number of benzene rings is 5. The van der Waals surface area contributed by atoms with E-state index in [2.05, 4.69) is 129 Å². The molecule has 0 spiro atoms. The molecular formula is C40H34BN3O2. The largest absolute Gasteiger partial charge is 0.494 e. The Morgan fingerprint density at radius 1 is 0.522 bits per heavy atom. The zero-order chi connectivity index (χ0) is 31.5. The molecule has 0 atom stereocenters. The van der Waals surface area contributed by atoms with E-state index >= 15 is 0 Å². The second kappa shape index (κ2) is 10.8. The Morgan fingerprint density at radius 3 is 1.72 bits per heavy atom. The Bertz CT molecular complexity index is 2130. The van der Waals surface area contributed by atoms with Crippen molar-refractivity contribution in [2.75, 3.05) is 0 Å². The lowest BCUT2D eigenvalue weighted by Crippen LogP contribution is -2.41. The van der Waals surface area contributed by atoms with Crippen molar-refractivity contribution in [1.82, 2.24) is 14.5 Å². The quantitative estimate of drug-likeness (QED) is 0.186. The fraction of sp³-hybridized carbons (Fsp3) is 0.150. The van der Waals surface area contributed by atoms with Crippen molar-refractivity contribution in [3.05, 3.63) is 133 Å². The number of hydrogen-bond acceptors (Lipinski definition) is 4.